The highest BCUT2D eigenvalue weighted by molar-refractivity contribution is 14.0. The Bertz CT molecular complexity index is 465. The highest BCUT2D eigenvalue weighted by Crippen LogP contribution is 2.40. The molecule has 2 rings (SSSR count). The van der Waals surface area contributed by atoms with Gasteiger partial charge in [0, 0.05) is 18.5 Å². The predicted octanol–water partition coefficient (Wildman–Crippen LogP) is 3.84. The molecule has 0 amide bonds. The van der Waals surface area contributed by atoms with Gasteiger partial charge in [0.2, 0.25) is 0 Å². The van der Waals surface area contributed by atoms with Crippen molar-refractivity contribution in [1.82, 2.24) is 5.32 Å². The lowest BCUT2D eigenvalue weighted by Crippen LogP contribution is -2.34. The first-order chi connectivity index (χ1) is 9.47. The van der Waals surface area contributed by atoms with Gasteiger partial charge in [-0.2, -0.15) is 0 Å². The van der Waals surface area contributed by atoms with Crippen LogP contribution in [-0.4, -0.2) is 18.5 Å². The summed E-state index contributed by atoms with van der Waals surface area (Å²) in [7, 11) is 0. The number of guanidine groups is 1. The van der Waals surface area contributed by atoms with Gasteiger partial charge in [-0.25, -0.2) is 0 Å². The van der Waals surface area contributed by atoms with Crippen molar-refractivity contribution in [3.63, 3.8) is 0 Å². The van der Waals surface area contributed by atoms with Gasteiger partial charge in [-0.05, 0) is 29.4 Å². The molecule has 2 atom stereocenters. The van der Waals surface area contributed by atoms with Crippen molar-refractivity contribution in [2.24, 2.45) is 16.6 Å². The van der Waals surface area contributed by atoms with Crippen molar-refractivity contribution in [3.8, 4) is 0 Å². The lowest BCUT2D eigenvalue weighted by molar-refractivity contribution is 0.660. The monoisotopic (exact) mass is 401 g/mol. The normalized spacial score (nSPS) is 21.3. The first kappa shape index (κ1) is 18.3. The molecule has 0 aromatic heterocycles. The molecule has 1 aliphatic rings. The van der Waals surface area contributed by atoms with E-state index in [1.807, 2.05) is 0 Å². The van der Waals surface area contributed by atoms with E-state index in [0.29, 0.717) is 29.8 Å². The quantitative estimate of drug-likeness (QED) is 0.448. The van der Waals surface area contributed by atoms with Crippen LogP contribution in [0.15, 0.2) is 29.3 Å². The molecule has 1 aliphatic carbocycles. The molecular weight excluding hydrogens is 373 g/mol. The molecule has 0 heterocycles. The maximum absolute atomic E-state index is 5.91. The minimum absolute atomic E-state index is 0. The molecule has 1 fully saturated rings. The highest BCUT2D eigenvalue weighted by Gasteiger charge is 2.38. The summed E-state index contributed by atoms with van der Waals surface area (Å²) >= 11 is 0. The zero-order valence-electron chi connectivity index (χ0n) is 13.5. The third-order valence-electron chi connectivity index (χ3n) is 3.78. The number of nitrogens with one attached hydrogen (secondary N) is 1. The number of hydrogen-bond donors (Lipinski definition) is 2. The van der Waals surface area contributed by atoms with Gasteiger partial charge in [-0.1, -0.05) is 52.0 Å². The van der Waals surface area contributed by atoms with Gasteiger partial charge in [-0.15, -0.1) is 24.0 Å². The second-order valence-corrected chi connectivity index (χ2v) is 6.53. The van der Waals surface area contributed by atoms with Crippen LogP contribution in [0.5, 0.6) is 0 Å². The number of nitrogens with two attached hydrogens (primary N) is 1. The van der Waals surface area contributed by atoms with Crippen molar-refractivity contribution in [1.29, 1.82) is 0 Å². The molecule has 2 unspecified atom stereocenters. The number of rotatable bonds is 5. The van der Waals surface area contributed by atoms with Gasteiger partial charge in [-0.3, -0.25) is 4.99 Å². The molecule has 118 valence electrons. The fourth-order valence-corrected chi connectivity index (χ4v) is 2.37. The summed E-state index contributed by atoms with van der Waals surface area (Å²) < 4.78 is 0. The minimum atomic E-state index is 0. The van der Waals surface area contributed by atoms with Crippen molar-refractivity contribution in [2.45, 2.75) is 52.0 Å². The first-order valence-electron chi connectivity index (χ1n) is 7.63. The number of halogens is 1. The van der Waals surface area contributed by atoms with Crippen molar-refractivity contribution >= 4 is 29.9 Å². The van der Waals surface area contributed by atoms with Crippen molar-refractivity contribution in [2.75, 3.05) is 6.54 Å². The van der Waals surface area contributed by atoms with E-state index in [-0.39, 0.29) is 24.0 Å². The molecule has 0 bridgehead atoms. The Hall–Kier alpha value is -0.780. The van der Waals surface area contributed by atoms with Gasteiger partial charge in [0.05, 0.1) is 0 Å². The van der Waals surface area contributed by atoms with E-state index in [4.69, 9.17) is 5.73 Å². The Morgan fingerprint density at radius 1 is 1.24 bits per heavy atom. The standard InChI is InChI=1S/C17H27N3.HI/c1-11(2)10-19-17(18)20-16-9-15(16)14-7-5-13(6-8-14)12(3)4;/h5-8,11-12,15-16H,9-10H2,1-4H3,(H3,18,19,20);1H. The van der Waals surface area contributed by atoms with Gasteiger partial charge in [0.15, 0.2) is 5.96 Å². The molecule has 21 heavy (non-hydrogen) atoms. The lowest BCUT2D eigenvalue weighted by atomic mass is 10.0. The maximum atomic E-state index is 5.91. The molecular formula is C17H28IN3. The number of aliphatic imine (C=N–C) groups is 1. The van der Waals surface area contributed by atoms with Crippen LogP contribution in [0.25, 0.3) is 0 Å². The van der Waals surface area contributed by atoms with Gasteiger partial charge >= 0.3 is 0 Å². The second-order valence-electron chi connectivity index (χ2n) is 6.53. The van der Waals surface area contributed by atoms with E-state index >= 15 is 0 Å². The Morgan fingerprint density at radius 2 is 1.86 bits per heavy atom. The molecule has 1 saturated carbocycles. The number of hydrogen-bond acceptors (Lipinski definition) is 1. The molecule has 3 N–H and O–H groups in total. The highest BCUT2D eigenvalue weighted by atomic mass is 127. The molecule has 0 radical (unpaired) electrons. The van der Waals surface area contributed by atoms with E-state index in [0.717, 1.165) is 13.0 Å². The van der Waals surface area contributed by atoms with Crippen LogP contribution < -0.4 is 11.1 Å². The largest absolute Gasteiger partial charge is 0.370 e. The molecule has 0 aliphatic heterocycles. The van der Waals surface area contributed by atoms with E-state index in [9.17, 15) is 0 Å². The topological polar surface area (TPSA) is 50.4 Å². The summed E-state index contributed by atoms with van der Waals surface area (Å²) in [6, 6.07) is 9.44. The molecule has 0 spiro atoms. The number of nitrogens with zero attached hydrogens (tertiary/aromatic N) is 1. The van der Waals surface area contributed by atoms with Crippen LogP contribution in [-0.2, 0) is 0 Å². The predicted molar refractivity (Wildman–Crippen MR) is 102 cm³/mol. The summed E-state index contributed by atoms with van der Waals surface area (Å²) in [5.41, 5.74) is 8.71. The average Bonchev–Trinajstić information content (AvgIpc) is 3.15. The fraction of sp³-hybridized carbons (Fsp3) is 0.588. The first-order valence-corrected chi connectivity index (χ1v) is 7.63. The zero-order valence-corrected chi connectivity index (χ0v) is 15.8. The van der Waals surface area contributed by atoms with Crippen LogP contribution in [0.1, 0.15) is 57.1 Å². The summed E-state index contributed by atoms with van der Waals surface area (Å²) in [6.07, 6.45) is 1.15. The molecule has 0 saturated heterocycles. The molecule has 4 heteroatoms. The lowest BCUT2D eigenvalue weighted by Gasteiger charge is -2.08. The van der Waals surface area contributed by atoms with Crippen LogP contribution >= 0.6 is 24.0 Å². The van der Waals surface area contributed by atoms with Crippen LogP contribution in [0.4, 0.5) is 0 Å². The van der Waals surface area contributed by atoms with Crippen molar-refractivity contribution < 1.29 is 0 Å². The Balaban J connectivity index is 0.00000220. The van der Waals surface area contributed by atoms with Crippen LogP contribution in [0, 0.1) is 5.92 Å². The summed E-state index contributed by atoms with van der Waals surface area (Å²) in [5, 5.41) is 3.32. The summed E-state index contributed by atoms with van der Waals surface area (Å²) in [6.45, 7) is 9.53. The number of benzene rings is 1. The zero-order chi connectivity index (χ0) is 14.7. The average molecular weight is 401 g/mol. The molecule has 1 aromatic carbocycles. The molecule has 3 nitrogen and oxygen atoms in total. The van der Waals surface area contributed by atoms with E-state index in [1.165, 1.54) is 11.1 Å². The van der Waals surface area contributed by atoms with E-state index in [1.54, 1.807) is 0 Å². The minimum Gasteiger partial charge on any atom is -0.370 e. The fourth-order valence-electron chi connectivity index (χ4n) is 2.37. The Kier molecular flexibility index (Phi) is 6.97. The Labute approximate surface area is 145 Å². The van der Waals surface area contributed by atoms with E-state index in [2.05, 4.69) is 62.3 Å². The third-order valence-corrected chi connectivity index (χ3v) is 3.78. The van der Waals surface area contributed by atoms with Crippen molar-refractivity contribution in [3.05, 3.63) is 35.4 Å². The van der Waals surface area contributed by atoms with Gasteiger partial charge < -0.3 is 11.1 Å². The summed E-state index contributed by atoms with van der Waals surface area (Å²) in [5.74, 6) is 2.32. The third kappa shape index (κ3) is 5.49. The van der Waals surface area contributed by atoms with Gasteiger partial charge in [0.25, 0.3) is 0 Å². The SMILES string of the molecule is CC(C)CN=C(N)NC1CC1c1ccc(C(C)C)cc1.I. The second kappa shape index (κ2) is 8.01. The van der Waals surface area contributed by atoms with Crippen LogP contribution in [0.2, 0.25) is 0 Å². The summed E-state index contributed by atoms with van der Waals surface area (Å²) in [4.78, 5) is 4.35. The molecule has 1 aromatic rings. The smallest absolute Gasteiger partial charge is 0.188 e. The maximum Gasteiger partial charge on any atom is 0.188 e. The Morgan fingerprint density at radius 3 is 2.38 bits per heavy atom. The van der Waals surface area contributed by atoms with Crippen LogP contribution in [0.3, 0.4) is 0 Å². The van der Waals surface area contributed by atoms with Gasteiger partial charge in [0.1, 0.15) is 0 Å². The van der Waals surface area contributed by atoms with E-state index < -0.39 is 0 Å².